The molecule has 0 saturated heterocycles. The van der Waals surface area contributed by atoms with Crippen molar-refractivity contribution < 1.29 is 0 Å². The molecule has 0 unspecified atom stereocenters. The number of para-hydroxylation sites is 1. The number of benzene rings is 5. The second-order valence-electron chi connectivity index (χ2n) is 12.4. The van der Waals surface area contributed by atoms with Crippen LogP contribution in [0.5, 0.6) is 0 Å². The van der Waals surface area contributed by atoms with Crippen molar-refractivity contribution in [1.82, 2.24) is 24.5 Å². The van der Waals surface area contributed by atoms with E-state index in [2.05, 4.69) is 85.1 Å². The first-order chi connectivity index (χ1) is 22.6. The summed E-state index contributed by atoms with van der Waals surface area (Å²) in [6.07, 6.45) is 1.90. The van der Waals surface area contributed by atoms with E-state index in [1.54, 1.807) is 0 Å². The molecule has 0 saturated carbocycles. The van der Waals surface area contributed by atoms with E-state index in [0.717, 1.165) is 39.2 Å². The van der Waals surface area contributed by atoms with Crippen molar-refractivity contribution in [3.63, 3.8) is 0 Å². The highest BCUT2D eigenvalue weighted by molar-refractivity contribution is 6.12. The Kier molecular flexibility index (Phi) is 5.78. The lowest BCUT2D eigenvalue weighted by molar-refractivity contribution is 0.624. The van der Waals surface area contributed by atoms with Crippen LogP contribution < -0.4 is 0 Å². The van der Waals surface area contributed by atoms with E-state index in [4.69, 9.17) is 19.9 Å². The Morgan fingerprint density at radius 3 is 1.70 bits per heavy atom. The van der Waals surface area contributed by atoms with Crippen molar-refractivity contribution in [3.05, 3.63) is 151 Å². The van der Waals surface area contributed by atoms with Crippen molar-refractivity contribution in [3.8, 4) is 51.1 Å². The van der Waals surface area contributed by atoms with Crippen LogP contribution in [0.25, 0.3) is 72.9 Å². The van der Waals surface area contributed by atoms with Gasteiger partial charge in [-0.3, -0.25) is 4.57 Å². The number of pyridine rings is 1. The molecule has 0 aliphatic carbocycles. The lowest BCUT2D eigenvalue weighted by Crippen LogP contribution is -2.26. The average molecular weight is 592 g/mol. The van der Waals surface area contributed by atoms with Gasteiger partial charge in [0.15, 0.2) is 17.5 Å². The van der Waals surface area contributed by atoms with E-state index in [1.807, 2.05) is 72.9 Å². The fraction of sp³-hybridized carbons (Fsp3) is 0.0732. The molecule has 0 fully saturated rings. The molecule has 0 atom stereocenters. The molecule has 1 aliphatic rings. The van der Waals surface area contributed by atoms with E-state index < -0.39 is 0 Å². The molecule has 0 amide bonds. The van der Waals surface area contributed by atoms with Crippen molar-refractivity contribution >= 4 is 21.8 Å². The highest BCUT2D eigenvalue weighted by Crippen LogP contribution is 2.47. The number of hydrogen-bond donors (Lipinski definition) is 0. The summed E-state index contributed by atoms with van der Waals surface area (Å²) >= 11 is 0. The SMILES string of the molecule is CC1(C)c2cccnc2-n2c3cc(-c4ccc(-c5nc(-c6ccccc6)nc(-c6ccccc6)n5)cc4)ccc3c3cccc1c32. The van der Waals surface area contributed by atoms with Crippen LogP contribution in [0, 0.1) is 0 Å². The van der Waals surface area contributed by atoms with Crippen molar-refractivity contribution in [2.45, 2.75) is 19.3 Å². The number of aromatic nitrogens is 5. The maximum absolute atomic E-state index is 4.91. The Labute approximate surface area is 266 Å². The van der Waals surface area contributed by atoms with E-state index in [-0.39, 0.29) is 5.41 Å². The van der Waals surface area contributed by atoms with Crippen LogP contribution >= 0.6 is 0 Å². The highest BCUT2D eigenvalue weighted by Gasteiger charge is 2.35. The summed E-state index contributed by atoms with van der Waals surface area (Å²) in [5.41, 5.74) is 9.97. The maximum atomic E-state index is 4.91. The van der Waals surface area contributed by atoms with Gasteiger partial charge in [0.2, 0.25) is 0 Å². The van der Waals surface area contributed by atoms with Gasteiger partial charge in [-0.05, 0) is 28.8 Å². The minimum absolute atomic E-state index is 0.137. The minimum atomic E-state index is -0.137. The van der Waals surface area contributed by atoms with Gasteiger partial charge in [-0.25, -0.2) is 19.9 Å². The third-order valence-corrected chi connectivity index (χ3v) is 9.31. The lowest BCUT2D eigenvalue weighted by Gasteiger charge is -2.33. The lowest BCUT2D eigenvalue weighted by atomic mass is 9.76. The largest absolute Gasteiger partial charge is 0.293 e. The summed E-state index contributed by atoms with van der Waals surface area (Å²) in [7, 11) is 0. The quantitative estimate of drug-likeness (QED) is 0.204. The molecule has 0 bridgehead atoms. The smallest absolute Gasteiger partial charge is 0.164 e. The number of hydrogen-bond acceptors (Lipinski definition) is 4. The predicted octanol–water partition coefficient (Wildman–Crippen LogP) is 9.67. The number of nitrogens with zero attached hydrogens (tertiary/aromatic N) is 5. The fourth-order valence-electron chi connectivity index (χ4n) is 6.93. The molecule has 3 aromatic heterocycles. The molecular formula is C41H29N5. The van der Waals surface area contributed by atoms with Crippen LogP contribution in [0.4, 0.5) is 0 Å². The summed E-state index contributed by atoms with van der Waals surface area (Å²) in [4.78, 5) is 19.6. The van der Waals surface area contributed by atoms with E-state index in [9.17, 15) is 0 Å². The molecule has 5 heteroatoms. The zero-order valence-corrected chi connectivity index (χ0v) is 25.5. The normalized spacial score (nSPS) is 13.2. The van der Waals surface area contributed by atoms with Gasteiger partial charge < -0.3 is 0 Å². The number of fused-ring (bicyclic) bond motifs is 5. The van der Waals surface area contributed by atoms with Gasteiger partial charge in [0, 0.05) is 44.6 Å². The second-order valence-corrected chi connectivity index (χ2v) is 12.4. The monoisotopic (exact) mass is 591 g/mol. The zero-order valence-electron chi connectivity index (χ0n) is 25.5. The minimum Gasteiger partial charge on any atom is -0.293 e. The van der Waals surface area contributed by atoms with Gasteiger partial charge in [0.1, 0.15) is 5.82 Å². The Morgan fingerprint density at radius 1 is 0.478 bits per heavy atom. The van der Waals surface area contributed by atoms with Crippen molar-refractivity contribution in [2.75, 3.05) is 0 Å². The van der Waals surface area contributed by atoms with Crippen LogP contribution in [0.1, 0.15) is 25.0 Å². The maximum Gasteiger partial charge on any atom is 0.164 e. The first kappa shape index (κ1) is 26.5. The second kappa shape index (κ2) is 10.0. The molecule has 8 aromatic rings. The van der Waals surface area contributed by atoms with Crippen LogP contribution in [0.15, 0.2) is 140 Å². The molecule has 9 rings (SSSR count). The summed E-state index contributed by atoms with van der Waals surface area (Å²) in [5.74, 6) is 2.97. The van der Waals surface area contributed by atoms with Gasteiger partial charge >= 0.3 is 0 Å². The van der Waals surface area contributed by atoms with E-state index >= 15 is 0 Å². The molecule has 1 aliphatic heterocycles. The molecular weight excluding hydrogens is 562 g/mol. The van der Waals surface area contributed by atoms with Crippen LogP contribution in [0.3, 0.4) is 0 Å². The number of rotatable bonds is 4. The van der Waals surface area contributed by atoms with Crippen LogP contribution in [0.2, 0.25) is 0 Å². The summed E-state index contributed by atoms with van der Waals surface area (Å²) < 4.78 is 2.36. The van der Waals surface area contributed by atoms with Gasteiger partial charge in [-0.1, -0.05) is 135 Å². The molecule has 0 spiro atoms. The summed E-state index contributed by atoms with van der Waals surface area (Å²) in [6.45, 7) is 4.60. The summed E-state index contributed by atoms with van der Waals surface area (Å²) in [5, 5.41) is 2.50. The molecule has 46 heavy (non-hydrogen) atoms. The molecule has 5 nitrogen and oxygen atoms in total. The van der Waals surface area contributed by atoms with E-state index in [1.165, 1.54) is 27.4 Å². The standard InChI is InChI=1S/C41H29N5/c1-41(2)33-16-9-15-32-31-23-22-30(25-35(31)46(36(32)33)40-34(41)17-10-24-42-40)26-18-20-29(21-19-26)39-44-37(27-11-5-3-6-12-27)43-38(45-39)28-13-7-4-8-14-28/h3-25H,1-2H3. The van der Waals surface area contributed by atoms with Crippen LogP contribution in [-0.4, -0.2) is 24.5 Å². The van der Waals surface area contributed by atoms with Gasteiger partial charge in [0.05, 0.1) is 11.0 Å². The third kappa shape index (κ3) is 4.02. The molecule has 218 valence electrons. The van der Waals surface area contributed by atoms with E-state index in [0.29, 0.717) is 17.5 Å². The Morgan fingerprint density at radius 2 is 1.04 bits per heavy atom. The van der Waals surface area contributed by atoms with Gasteiger partial charge in [-0.2, -0.15) is 0 Å². The Balaban J connectivity index is 1.16. The highest BCUT2D eigenvalue weighted by atomic mass is 15.1. The topological polar surface area (TPSA) is 56.5 Å². The Hall–Kier alpha value is -5.94. The molecule has 5 aromatic carbocycles. The van der Waals surface area contributed by atoms with Gasteiger partial charge in [-0.15, -0.1) is 0 Å². The first-order valence-electron chi connectivity index (χ1n) is 15.6. The van der Waals surface area contributed by atoms with Crippen molar-refractivity contribution in [2.24, 2.45) is 0 Å². The first-order valence-corrected chi connectivity index (χ1v) is 15.6. The fourth-order valence-corrected chi connectivity index (χ4v) is 6.93. The predicted molar refractivity (Wildman–Crippen MR) is 186 cm³/mol. The molecule has 0 N–H and O–H groups in total. The van der Waals surface area contributed by atoms with Crippen molar-refractivity contribution in [1.29, 1.82) is 0 Å². The zero-order chi connectivity index (χ0) is 30.8. The average Bonchev–Trinajstić information content (AvgIpc) is 3.45. The Bertz CT molecular complexity index is 2370. The van der Waals surface area contributed by atoms with Gasteiger partial charge in [0.25, 0.3) is 0 Å². The molecule has 4 heterocycles. The molecule has 0 radical (unpaired) electrons. The third-order valence-electron chi connectivity index (χ3n) is 9.31. The summed E-state index contributed by atoms with van der Waals surface area (Å²) in [6, 6.07) is 46.4. The van der Waals surface area contributed by atoms with Crippen LogP contribution in [-0.2, 0) is 5.41 Å².